The van der Waals surface area contributed by atoms with Crippen LogP contribution in [0.3, 0.4) is 0 Å². The fourth-order valence-corrected chi connectivity index (χ4v) is 10.5. The number of nitrogens with two attached hydrogens (primary N) is 2. The third kappa shape index (κ3) is 25.7. The second kappa shape index (κ2) is 39.0. The van der Waals surface area contributed by atoms with Crippen molar-refractivity contribution in [2.24, 2.45) is 17.4 Å². The summed E-state index contributed by atoms with van der Waals surface area (Å²) in [5.41, 5.74) is 14.1. The molecule has 99 heavy (non-hydrogen) atoms. The van der Waals surface area contributed by atoms with Gasteiger partial charge in [-0.15, -0.1) is 0 Å². The smallest absolute Gasteiger partial charge is 0.326 e. The van der Waals surface area contributed by atoms with E-state index in [4.69, 9.17) is 16.6 Å². The third-order valence-electron chi connectivity index (χ3n) is 15.1. The molecular weight excluding hydrogens is 1330 g/mol. The monoisotopic (exact) mass is 1410 g/mol. The lowest BCUT2D eigenvalue weighted by molar-refractivity contribution is -0.148. The van der Waals surface area contributed by atoms with Crippen LogP contribution in [0.4, 0.5) is 0 Å². The minimum Gasteiger partial charge on any atom is -0.508 e. The molecule has 11 amide bonds. The van der Waals surface area contributed by atoms with E-state index in [1.54, 1.807) is 91.1 Å². The Morgan fingerprint density at radius 2 is 0.768 bits per heavy atom. The van der Waals surface area contributed by atoms with Crippen molar-refractivity contribution in [3.8, 4) is 5.75 Å². The van der Waals surface area contributed by atoms with Crippen LogP contribution >= 0.6 is 25.3 Å². The van der Waals surface area contributed by atoms with Gasteiger partial charge in [0, 0.05) is 54.3 Å². The number of carboxylic acids is 3. The highest BCUT2D eigenvalue weighted by Crippen LogP contribution is 2.21. The number of aromatic hydroxyl groups is 1. The number of thiol groups is 2. The van der Waals surface area contributed by atoms with E-state index in [9.17, 15) is 82.8 Å². The maximum absolute atomic E-state index is 15.1. The maximum Gasteiger partial charge on any atom is 0.326 e. The number of fused-ring (bicyclic) bond motifs is 1. The molecule has 0 aliphatic heterocycles. The first-order valence-electron chi connectivity index (χ1n) is 31.0. The first-order chi connectivity index (χ1) is 47.0. The second-order valence-electron chi connectivity index (χ2n) is 23.4. The van der Waals surface area contributed by atoms with Crippen LogP contribution in [-0.2, 0) is 92.8 Å². The van der Waals surface area contributed by atoms with Crippen LogP contribution in [-0.4, -0.2) is 198 Å². The van der Waals surface area contributed by atoms with E-state index in [1.807, 2.05) is 24.5 Å². The molecule has 0 spiro atoms. The molecule has 1 aromatic heterocycles. The standard InChI is InChI=1S/C65H81N13O19S2/c1-33(2)21-40(66)55(86)69-42(22-34-11-5-3-6-12-34)58(89)77-51(32-99)64(95)76-49(30-79)62(93)71-43(23-35-13-7-4-8-14-35)56(87)72-45(25-37-29-68-41-16-10-9-15-39(37)41)59(90)70-44(24-36-17-19-38(80)20-18-36)57(88)73-46(26-52(67)81)60(91)78-50(31-98)63(94)74-47(27-53(82)83)61(92)75-48(65(96)97)28-54(84)85/h3-20,29,33,40,42-51,68,79-80,98-99H,21-28,30-32,66H2,1-2H3,(H2,67,81)(H,69,86)(H,70,90)(H,71,93)(H,72,87)(H,73,88)(H,74,94)(H,75,92)(H,76,95)(H,77,89)(H,78,91)(H,82,83)(H,84,85)(H,96,97)/t40-,42-,43-,44-,45-,46-,47-,48-,49-,50-,51-/m0/s1. The fourth-order valence-electron chi connectivity index (χ4n) is 10.0. The molecule has 4 aromatic carbocycles. The van der Waals surface area contributed by atoms with Crippen molar-refractivity contribution in [3.05, 3.63) is 138 Å². The number of carboxylic acid groups (broad SMARTS) is 3. The van der Waals surface area contributed by atoms with E-state index in [1.165, 1.54) is 24.3 Å². The van der Waals surface area contributed by atoms with Crippen LogP contribution in [0, 0.1) is 5.92 Å². The maximum atomic E-state index is 15.1. The number of phenols is 1. The van der Waals surface area contributed by atoms with Crippen LogP contribution in [0.1, 0.15) is 61.8 Å². The number of hydrogen-bond donors (Lipinski definition) is 20. The number of phenolic OH excluding ortho intramolecular Hbond substituents is 1. The number of amides is 11. The van der Waals surface area contributed by atoms with Gasteiger partial charge in [0.15, 0.2) is 0 Å². The number of carbonyl (C=O) groups is 14. The molecule has 1 heterocycles. The van der Waals surface area contributed by atoms with Gasteiger partial charge in [-0.25, -0.2) is 4.79 Å². The molecule has 34 heteroatoms. The minimum absolute atomic E-state index is 0.0130. The predicted molar refractivity (Wildman–Crippen MR) is 362 cm³/mol. The fraction of sp³-hybridized carbons (Fsp3) is 0.385. The highest BCUT2D eigenvalue weighted by atomic mass is 32.1. The Morgan fingerprint density at radius 3 is 1.19 bits per heavy atom. The van der Waals surface area contributed by atoms with Gasteiger partial charge in [-0.3, -0.25) is 62.3 Å². The van der Waals surface area contributed by atoms with E-state index < -0.39 is 187 Å². The lowest BCUT2D eigenvalue weighted by atomic mass is 10.00. The second-order valence-corrected chi connectivity index (χ2v) is 24.1. The number of aromatic nitrogens is 1. The van der Waals surface area contributed by atoms with Crippen molar-refractivity contribution in [3.63, 3.8) is 0 Å². The average molecular weight is 1410 g/mol. The Hall–Kier alpha value is -10.6. The van der Waals surface area contributed by atoms with E-state index in [0.717, 1.165) is 0 Å². The van der Waals surface area contributed by atoms with E-state index in [2.05, 4.69) is 72.8 Å². The topological polar surface area (TPSA) is 528 Å². The number of aromatic amines is 1. The summed E-state index contributed by atoms with van der Waals surface area (Å²) in [6.45, 7) is 2.68. The molecule has 20 N–H and O–H groups in total. The molecule has 11 atom stereocenters. The molecule has 0 radical (unpaired) electrons. The van der Waals surface area contributed by atoms with E-state index in [-0.39, 0.29) is 42.2 Å². The largest absolute Gasteiger partial charge is 0.508 e. The summed E-state index contributed by atoms with van der Waals surface area (Å²) in [6, 6.07) is 10.6. The molecule has 0 fully saturated rings. The number of carbonyl (C=O) groups excluding carboxylic acids is 11. The van der Waals surface area contributed by atoms with Crippen LogP contribution in [0.2, 0.25) is 0 Å². The first-order valence-corrected chi connectivity index (χ1v) is 32.2. The van der Waals surface area contributed by atoms with Crippen molar-refractivity contribution in [2.75, 3.05) is 18.1 Å². The highest BCUT2D eigenvalue weighted by Gasteiger charge is 2.38. The van der Waals surface area contributed by atoms with E-state index >= 15 is 4.79 Å². The molecule has 0 saturated carbocycles. The van der Waals surface area contributed by atoms with Gasteiger partial charge in [-0.2, -0.15) is 25.3 Å². The van der Waals surface area contributed by atoms with Crippen molar-refractivity contribution >= 4 is 119 Å². The summed E-state index contributed by atoms with van der Waals surface area (Å²) in [4.78, 5) is 191. The zero-order valence-corrected chi connectivity index (χ0v) is 55.5. The quantitative estimate of drug-likeness (QED) is 0.0175. The van der Waals surface area contributed by atoms with E-state index in [0.29, 0.717) is 34.0 Å². The Labute approximate surface area is 577 Å². The summed E-state index contributed by atoms with van der Waals surface area (Å²) < 4.78 is 0. The summed E-state index contributed by atoms with van der Waals surface area (Å²) in [5, 5.41) is 73.3. The zero-order valence-electron chi connectivity index (χ0n) is 53.7. The van der Waals surface area contributed by atoms with Gasteiger partial charge in [0.2, 0.25) is 65.0 Å². The molecule has 5 aromatic rings. The molecule has 0 aliphatic carbocycles. The Bertz CT molecular complexity index is 3680. The number of primary amides is 1. The number of benzene rings is 4. The Morgan fingerprint density at radius 1 is 0.424 bits per heavy atom. The van der Waals surface area contributed by atoms with Gasteiger partial charge in [0.1, 0.15) is 66.2 Å². The summed E-state index contributed by atoms with van der Waals surface area (Å²) in [7, 11) is 0. The number of para-hydroxylation sites is 1. The van der Waals surface area contributed by atoms with Gasteiger partial charge in [0.25, 0.3) is 0 Å². The predicted octanol–water partition coefficient (Wildman–Crippen LogP) is -2.87. The number of rotatable bonds is 40. The molecule has 0 unspecified atom stereocenters. The molecule has 32 nitrogen and oxygen atoms in total. The van der Waals surface area contributed by atoms with Gasteiger partial charge >= 0.3 is 17.9 Å². The summed E-state index contributed by atoms with van der Waals surface area (Å²) >= 11 is 8.35. The minimum atomic E-state index is -2.07. The summed E-state index contributed by atoms with van der Waals surface area (Å²) in [6.07, 6.45) is -2.48. The molecule has 0 saturated heterocycles. The molecule has 5 rings (SSSR count). The Kier molecular flexibility index (Phi) is 31.1. The Balaban J connectivity index is 1.43. The zero-order chi connectivity index (χ0) is 73.0. The van der Waals surface area contributed by atoms with Gasteiger partial charge in [0.05, 0.1) is 31.9 Å². The lowest BCUT2D eigenvalue weighted by Crippen LogP contribution is -2.62. The number of aliphatic hydroxyl groups excluding tert-OH is 1. The third-order valence-corrected chi connectivity index (χ3v) is 15.9. The lowest BCUT2D eigenvalue weighted by Gasteiger charge is -2.28. The van der Waals surface area contributed by atoms with Gasteiger partial charge in [-0.05, 0) is 52.8 Å². The van der Waals surface area contributed by atoms with Crippen LogP contribution < -0.4 is 64.6 Å². The molecule has 0 bridgehead atoms. The summed E-state index contributed by atoms with van der Waals surface area (Å²) in [5.74, 6) is -18.4. The number of nitrogens with one attached hydrogen (secondary N) is 11. The van der Waals surface area contributed by atoms with Gasteiger partial charge in [-0.1, -0.05) is 105 Å². The van der Waals surface area contributed by atoms with Crippen LogP contribution in [0.5, 0.6) is 5.75 Å². The van der Waals surface area contributed by atoms with Crippen LogP contribution in [0.25, 0.3) is 10.9 Å². The first kappa shape index (κ1) is 79.1. The van der Waals surface area contributed by atoms with Crippen molar-refractivity contribution in [2.45, 2.75) is 132 Å². The number of aliphatic carboxylic acids is 3. The number of hydrogen-bond acceptors (Lipinski definition) is 19. The van der Waals surface area contributed by atoms with Crippen molar-refractivity contribution in [1.82, 2.24) is 58.2 Å². The van der Waals surface area contributed by atoms with Crippen LogP contribution in [0.15, 0.2) is 115 Å². The van der Waals surface area contributed by atoms with Crippen molar-refractivity contribution in [1.29, 1.82) is 0 Å². The number of H-pyrrole nitrogens is 1. The van der Waals surface area contributed by atoms with Crippen molar-refractivity contribution < 1.29 is 92.7 Å². The number of aliphatic hydroxyl groups is 1. The normalized spacial score (nSPS) is 14.4. The highest BCUT2D eigenvalue weighted by molar-refractivity contribution is 7.80. The molecule has 532 valence electrons. The molecule has 0 aliphatic rings. The molecular formula is C65H81N13O19S2. The van der Waals surface area contributed by atoms with Gasteiger partial charge < -0.3 is 95.2 Å². The SMILES string of the molecule is CC(C)C[C@H](N)C(=O)N[C@@H](Cc1ccccc1)C(=O)N[C@@H](CS)C(=O)N[C@@H](CO)C(=O)N[C@@H](Cc1ccccc1)C(=O)N[C@@H](Cc1c[nH]c2ccccc12)C(=O)N[C@@H](Cc1ccc(O)cc1)C(=O)N[C@@H](CC(N)=O)C(=O)N[C@@H](CS)C(=O)N[C@@H](CC(=O)O)C(=O)N[C@@H](CC(=O)O)C(=O)O. The average Bonchev–Trinajstić information content (AvgIpc) is 1.80.